The van der Waals surface area contributed by atoms with Crippen LogP contribution in [0.4, 0.5) is 0 Å². The molecule has 0 saturated carbocycles. The van der Waals surface area contributed by atoms with Gasteiger partial charge in [-0.2, -0.15) is 0 Å². The van der Waals surface area contributed by atoms with Crippen molar-refractivity contribution in [2.24, 2.45) is 0 Å². The molecule has 0 N–H and O–H groups in total. The fourth-order valence-corrected chi connectivity index (χ4v) is 1.32. The monoisotopic (exact) mass is 230 g/mol. The second kappa shape index (κ2) is 8.24. The van der Waals surface area contributed by atoms with Gasteiger partial charge in [-0.3, -0.25) is 14.5 Å². The molecule has 0 aliphatic rings. The van der Waals surface area contributed by atoms with E-state index in [1.165, 1.54) is 12.0 Å². The minimum atomic E-state index is 0.00232. The van der Waals surface area contributed by atoms with Gasteiger partial charge in [0, 0.05) is 21.2 Å². The van der Waals surface area contributed by atoms with Crippen LogP contribution < -0.4 is 0 Å². The Kier molecular flexibility index (Phi) is 7.76. The third-order valence-corrected chi connectivity index (χ3v) is 2.10. The Morgan fingerprint density at radius 2 is 1.81 bits per heavy atom. The molecule has 0 radical (unpaired) electrons. The van der Waals surface area contributed by atoms with Crippen LogP contribution in [0.2, 0.25) is 0 Å². The molecule has 94 valence electrons. The van der Waals surface area contributed by atoms with Gasteiger partial charge < -0.3 is 9.64 Å². The van der Waals surface area contributed by atoms with Crippen molar-refractivity contribution in [3.63, 3.8) is 0 Å². The van der Waals surface area contributed by atoms with Crippen LogP contribution in [0.25, 0.3) is 0 Å². The summed E-state index contributed by atoms with van der Waals surface area (Å²) in [5.41, 5.74) is 0. The van der Waals surface area contributed by atoms with Gasteiger partial charge in [-0.25, -0.2) is 0 Å². The van der Waals surface area contributed by atoms with Crippen molar-refractivity contribution < 1.29 is 14.3 Å². The van der Waals surface area contributed by atoms with E-state index in [1.807, 2.05) is 11.8 Å². The Hall–Kier alpha value is -0.940. The summed E-state index contributed by atoms with van der Waals surface area (Å²) < 4.78 is 4.76. The third kappa shape index (κ3) is 6.53. The molecule has 0 unspecified atom stereocenters. The van der Waals surface area contributed by atoms with Gasteiger partial charge in [0.15, 0.2) is 5.78 Å². The molecule has 1 amide bonds. The number of methoxy groups -OCH3 is 1. The van der Waals surface area contributed by atoms with Gasteiger partial charge in [-0.15, -0.1) is 0 Å². The van der Waals surface area contributed by atoms with Crippen molar-refractivity contribution in [1.82, 2.24) is 9.80 Å². The molecule has 0 aliphatic carbocycles. The van der Waals surface area contributed by atoms with Crippen LogP contribution in [0.1, 0.15) is 13.3 Å². The number of carbonyl (C=O) groups excluding carboxylic acids is 2. The fourth-order valence-electron chi connectivity index (χ4n) is 1.32. The number of hydrogen-bond acceptors (Lipinski definition) is 4. The lowest BCUT2D eigenvalue weighted by Crippen LogP contribution is -2.40. The molecule has 0 fully saturated rings. The minimum Gasteiger partial charge on any atom is -0.377 e. The zero-order chi connectivity index (χ0) is 12.6. The molecular weight excluding hydrogens is 208 g/mol. The van der Waals surface area contributed by atoms with Gasteiger partial charge in [-0.1, -0.05) is 6.92 Å². The van der Waals surface area contributed by atoms with Crippen molar-refractivity contribution in [2.45, 2.75) is 13.3 Å². The summed E-state index contributed by atoms with van der Waals surface area (Å²) in [6, 6.07) is 0. The topological polar surface area (TPSA) is 49.9 Å². The average Bonchev–Trinajstić information content (AvgIpc) is 2.17. The van der Waals surface area contributed by atoms with Crippen LogP contribution in [0.15, 0.2) is 0 Å². The Labute approximate surface area is 97.3 Å². The maximum Gasteiger partial charge on any atom is 0.236 e. The van der Waals surface area contributed by atoms with E-state index in [4.69, 9.17) is 4.74 Å². The molecular formula is C11H22N2O3. The maximum absolute atomic E-state index is 11.5. The van der Waals surface area contributed by atoms with Crippen molar-refractivity contribution in [1.29, 1.82) is 0 Å². The predicted molar refractivity (Wildman–Crippen MR) is 62.3 cm³/mol. The van der Waals surface area contributed by atoms with Crippen LogP contribution in [0.3, 0.4) is 0 Å². The zero-order valence-corrected chi connectivity index (χ0v) is 10.7. The average molecular weight is 230 g/mol. The first-order valence-electron chi connectivity index (χ1n) is 5.44. The Bertz CT molecular complexity index is 229. The number of ether oxygens (including phenoxy) is 1. The van der Waals surface area contributed by atoms with Gasteiger partial charge in [0.1, 0.15) is 6.61 Å². The van der Waals surface area contributed by atoms with E-state index in [9.17, 15) is 9.59 Å². The largest absolute Gasteiger partial charge is 0.377 e. The van der Waals surface area contributed by atoms with E-state index in [0.29, 0.717) is 0 Å². The number of rotatable bonds is 8. The summed E-state index contributed by atoms with van der Waals surface area (Å²) in [7, 11) is 4.92. The smallest absolute Gasteiger partial charge is 0.236 e. The Balaban J connectivity index is 4.16. The molecule has 0 bridgehead atoms. The number of nitrogens with zero attached hydrogens (tertiary/aromatic N) is 2. The highest BCUT2D eigenvalue weighted by Crippen LogP contribution is 1.94. The molecule has 0 heterocycles. The Morgan fingerprint density at radius 1 is 1.19 bits per heavy atom. The van der Waals surface area contributed by atoms with E-state index in [0.717, 1.165) is 13.0 Å². The van der Waals surface area contributed by atoms with Crippen molar-refractivity contribution in [2.75, 3.05) is 47.4 Å². The number of amides is 1. The molecule has 0 saturated heterocycles. The van der Waals surface area contributed by atoms with Gasteiger partial charge in [-0.05, 0) is 13.0 Å². The highest BCUT2D eigenvalue weighted by atomic mass is 16.5. The van der Waals surface area contributed by atoms with E-state index >= 15 is 0 Å². The first-order valence-corrected chi connectivity index (χ1v) is 5.44. The van der Waals surface area contributed by atoms with Gasteiger partial charge in [0.05, 0.1) is 13.1 Å². The first kappa shape index (κ1) is 15.1. The highest BCUT2D eigenvalue weighted by Gasteiger charge is 2.14. The van der Waals surface area contributed by atoms with E-state index in [2.05, 4.69) is 0 Å². The van der Waals surface area contributed by atoms with Crippen LogP contribution in [-0.4, -0.2) is 68.9 Å². The highest BCUT2D eigenvalue weighted by molar-refractivity contribution is 5.83. The summed E-state index contributed by atoms with van der Waals surface area (Å²) in [4.78, 5) is 26.3. The second-order valence-electron chi connectivity index (χ2n) is 3.97. The summed E-state index contributed by atoms with van der Waals surface area (Å²) in [6.07, 6.45) is 0.918. The van der Waals surface area contributed by atoms with E-state index < -0.39 is 0 Å². The second-order valence-corrected chi connectivity index (χ2v) is 3.97. The lowest BCUT2D eigenvalue weighted by Gasteiger charge is -2.22. The van der Waals surface area contributed by atoms with E-state index in [1.54, 1.807) is 14.1 Å². The molecule has 0 aromatic carbocycles. The molecule has 0 aliphatic heterocycles. The normalized spacial score (nSPS) is 10.6. The predicted octanol–water partition coefficient (Wildman–Crippen LogP) is 0.00210. The summed E-state index contributed by atoms with van der Waals surface area (Å²) in [6.45, 7) is 3.44. The number of carbonyl (C=O) groups is 2. The van der Waals surface area contributed by atoms with Crippen molar-refractivity contribution in [3.8, 4) is 0 Å². The van der Waals surface area contributed by atoms with E-state index in [-0.39, 0.29) is 31.4 Å². The molecule has 5 nitrogen and oxygen atoms in total. The quantitative estimate of drug-likeness (QED) is 0.589. The molecule has 16 heavy (non-hydrogen) atoms. The maximum atomic E-state index is 11.5. The lowest BCUT2D eigenvalue weighted by molar-refractivity contribution is -0.131. The molecule has 0 aromatic rings. The lowest BCUT2D eigenvalue weighted by atomic mass is 10.3. The number of likely N-dealkylation sites (N-methyl/N-ethyl adjacent to an activating group) is 1. The van der Waals surface area contributed by atoms with Crippen LogP contribution >= 0.6 is 0 Å². The molecule has 0 rings (SSSR count). The molecule has 5 heteroatoms. The van der Waals surface area contributed by atoms with Crippen molar-refractivity contribution >= 4 is 11.7 Å². The van der Waals surface area contributed by atoms with Crippen LogP contribution in [0.5, 0.6) is 0 Å². The molecule has 0 atom stereocenters. The van der Waals surface area contributed by atoms with Crippen molar-refractivity contribution in [3.05, 3.63) is 0 Å². The Morgan fingerprint density at radius 3 is 2.25 bits per heavy atom. The molecule has 0 aromatic heterocycles. The minimum absolute atomic E-state index is 0.00232. The van der Waals surface area contributed by atoms with Gasteiger partial charge >= 0.3 is 0 Å². The summed E-state index contributed by atoms with van der Waals surface area (Å²) in [5, 5.41) is 0. The SMILES string of the molecule is CCCN(CC(=O)COC)CC(=O)N(C)C. The van der Waals surface area contributed by atoms with Gasteiger partial charge in [0.2, 0.25) is 5.91 Å². The van der Waals surface area contributed by atoms with Gasteiger partial charge in [0.25, 0.3) is 0 Å². The number of hydrogen-bond donors (Lipinski definition) is 0. The van der Waals surface area contributed by atoms with Crippen LogP contribution in [0, 0.1) is 0 Å². The summed E-state index contributed by atoms with van der Waals surface area (Å²) in [5.74, 6) is 0.0150. The standard InChI is InChI=1S/C11H22N2O3/c1-5-6-13(7-10(14)9-16-4)8-11(15)12(2)3/h5-9H2,1-4H3. The fraction of sp³-hybridized carbons (Fsp3) is 0.818. The summed E-state index contributed by atoms with van der Waals surface area (Å²) >= 11 is 0. The number of Topliss-reactive ketones (excluding diaryl/α,β-unsaturated/α-hetero) is 1. The zero-order valence-electron chi connectivity index (χ0n) is 10.7. The number of ketones is 1. The third-order valence-electron chi connectivity index (χ3n) is 2.10. The van der Waals surface area contributed by atoms with Crippen LogP contribution in [-0.2, 0) is 14.3 Å². The molecule has 0 spiro atoms. The first-order chi connectivity index (χ1) is 7.51.